The molecule has 1 aliphatic rings. The van der Waals surface area contributed by atoms with Crippen LogP contribution in [0.3, 0.4) is 0 Å². The van der Waals surface area contributed by atoms with Crippen molar-refractivity contribution in [2.45, 2.75) is 12.5 Å². The van der Waals surface area contributed by atoms with Crippen LogP contribution in [0.4, 0.5) is 0 Å². The minimum Gasteiger partial charge on any atom is -0.339 e. The quantitative estimate of drug-likeness (QED) is 0.741. The first kappa shape index (κ1) is 12.7. The molecular formula is C15H14N4OS. The van der Waals surface area contributed by atoms with Gasteiger partial charge in [0.1, 0.15) is 0 Å². The number of hydrogen-bond donors (Lipinski definition) is 0. The van der Waals surface area contributed by atoms with E-state index >= 15 is 0 Å². The molecule has 0 radical (unpaired) electrons. The van der Waals surface area contributed by atoms with Crippen LogP contribution in [0.2, 0.25) is 0 Å². The van der Waals surface area contributed by atoms with Gasteiger partial charge in [-0.05, 0) is 34.5 Å². The van der Waals surface area contributed by atoms with Crippen molar-refractivity contribution in [3.63, 3.8) is 0 Å². The van der Waals surface area contributed by atoms with Crippen LogP contribution < -0.4 is 0 Å². The molecule has 0 atom stereocenters. The first-order valence-corrected chi connectivity index (χ1v) is 7.80. The Morgan fingerprint density at radius 2 is 2.29 bits per heavy atom. The molecular weight excluding hydrogens is 284 g/mol. The summed E-state index contributed by atoms with van der Waals surface area (Å²) in [6.07, 6.45) is 3.48. The SMILES string of the molecule is c1cncc(-c2noc(C3CN(Cc4ccsc4)C3)n2)c1. The monoisotopic (exact) mass is 298 g/mol. The maximum atomic E-state index is 5.39. The van der Waals surface area contributed by atoms with Crippen LogP contribution in [0, 0.1) is 0 Å². The maximum absolute atomic E-state index is 5.39. The molecule has 1 aliphatic heterocycles. The lowest BCUT2D eigenvalue weighted by atomic mass is 9.99. The largest absolute Gasteiger partial charge is 0.339 e. The molecule has 1 saturated heterocycles. The Morgan fingerprint density at radius 3 is 3.05 bits per heavy atom. The van der Waals surface area contributed by atoms with Gasteiger partial charge in [0, 0.05) is 37.6 Å². The Labute approximate surface area is 126 Å². The zero-order valence-corrected chi connectivity index (χ0v) is 12.2. The third-order valence-electron chi connectivity index (χ3n) is 3.65. The zero-order valence-electron chi connectivity index (χ0n) is 11.3. The molecule has 0 amide bonds. The first-order valence-electron chi connectivity index (χ1n) is 6.86. The van der Waals surface area contributed by atoms with E-state index in [0.717, 1.165) is 31.1 Å². The molecule has 4 rings (SSSR count). The number of likely N-dealkylation sites (tertiary alicyclic amines) is 1. The fourth-order valence-electron chi connectivity index (χ4n) is 2.51. The van der Waals surface area contributed by atoms with Crippen LogP contribution in [0.1, 0.15) is 17.4 Å². The Hall–Kier alpha value is -2.05. The van der Waals surface area contributed by atoms with Crippen LogP contribution in [0.5, 0.6) is 0 Å². The Kier molecular flexibility index (Phi) is 3.25. The van der Waals surface area contributed by atoms with Gasteiger partial charge in [0.05, 0.1) is 5.92 Å². The molecule has 0 spiro atoms. The molecule has 106 valence electrons. The van der Waals surface area contributed by atoms with E-state index in [1.54, 1.807) is 23.7 Å². The lowest BCUT2D eigenvalue weighted by molar-refractivity contribution is 0.117. The molecule has 6 heteroatoms. The van der Waals surface area contributed by atoms with Gasteiger partial charge < -0.3 is 4.52 Å². The van der Waals surface area contributed by atoms with Crippen molar-refractivity contribution < 1.29 is 4.52 Å². The van der Waals surface area contributed by atoms with Gasteiger partial charge in [-0.25, -0.2) is 0 Å². The molecule has 0 aromatic carbocycles. The summed E-state index contributed by atoms with van der Waals surface area (Å²) in [5.41, 5.74) is 2.27. The van der Waals surface area contributed by atoms with E-state index in [-0.39, 0.29) is 0 Å². The summed E-state index contributed by atoms with van der Waals surface area (Å²) in [6.45, 7) is 2.96. The van der Waals surface area contributed by atoms with Crippen molar-refractivity contribution in [1.82, 2.24) is 20.0 Å². The van der Waals surface area contributed by atoms with Crippen molar-refractivity contribution in [1.29, 1.82) is 0 Å². The van der Waals surface area contributed by atoms with Crippen LogP contribution in [-0.2, 0) is 6.54 Å². The molecule has 0 aliphatic carbocycles. The van der Waals surface area contributed by atoms with E-state index in [9.17, 15) is 0 Å². The summed E-state index contributed by atoms with van der Waals surface area (Å²) in [5, 5.41) is 8.36. The van der Waals surface area contributed by atoms with Crippen molar-refractivity contribution in [3.8, 4) is 11.4 Å². The van der Waals surface area contributed by atoms with Gasteiger partial charge in [0.25, 0.3) is 0 Å². The molecule has 21 heavy (non-hydrogen) atoms. The second-order valence-corrected chi connectivity index (χ2v) is 6.00. The topological polar surface area (TPSA) is 55.1 Å². The molecule has 0 unspecified atom stereocenters. The molecule has 1 fully saturated rings. The molecule has 0 bridgehead atoms. The number of hydrogen-bond acceptors (Lipinski definition) is 6. The predicted octanol–water partition coefficient (Wildman–Crippen LogP) is 2.79. The minimum atomic E-state index is 0.349. The number of nitrogens with zero attached hydrogens (tertiary/aromatic N) is 4. The van der Waals surface area contributed by atoms with Crippen LogP contribution in [0.25, 0.3) is 11.4 Å². The molecule has 0 saturated carbocycles. The summed E-state index contributed by atoms with van der Waals surface area (Å²) < 4.78 is 5.39. The highest BCUT2D eigenvalue weighted by Gasteiger charge is 2.32. The third kappa shape index (κ3) is 2.59. The summed E-state index contributed by atoms with van der Waals surface area (Å²) in [7, 11) is 0. The number of aromatic nitrogens is 3. The highest BCUT2D eigenvalue weighted by molar-refractivity contribution is 7.07. The molecule has 0 N–H and O–H groups in total. The molecule has 3 aromatic heterocycles. The number of thiophene rings is 1. The molecule has 5 nitrogen and oxygen atoms in total. The van der Waals surface area contributed by atoms with Crippen molar-refractivity contribution >= 4 is 11.3 Å². The van der Waals surface area contributed by atoms with Gasteiger partial charge in [-0.15, -0.1) is 0 Å². The van der Waals surface area contributed by atoms with E-state index in [0.29, 0.717) is 11.7 Å². The van der Waals surface area contributed by atoms with E-state index in [1.165, 1.54) is 5.56 Å². The summed E-state index contributed by atoms with van der Waals surface area (Å²) in [6, 6.07) is 5.98. The Bertz CT molecular complexity index is 704. The lowest BCUT2D eigenvalue weighted by Crippen LogP contribution is -2.44. The van der Waals surface area contributed by atoms with Crippen molar-refractivity contribution in [3.05, 3.63) is 52.8 Å². The van der Waals surface area contributed by atoms with Gasteiger partial charge in [-0.2, -0.15) is 16.3 Å². The standard InChI is InChI=1S/C15H14N4OS/c1-2-12(6-16-4-1)14-17-15(20-18-14)13-8-19(9-13)7-11-3-5-21-10-11/h1-6,10,13H,7-9H2. The van der Waals surface area contributed by atoms with Gasteiger partial charge >= 0.3 is 0 Å². The minimum absolute atomic E-state index is 0.349. The average Bonchev–Trinajstić information content (AvgIpc) is 3.15. The fraction of sp³-hybridized carbons (Fsp3) is 0.267. The molecule has 4 heterocycles. The number of rotatable bonds is 4. The second-order valence-electron chi connectivity index (χ2n) is 5.22. The van der Waals surface area contributed by atoms with Gasteiger partial charge in [0.2, 0.25) is 11.7 Å². The Balaban J connectivity index is 1.40. The first-order chi connectivity index (χ1) is 10.4. The molecule has 3 aromatic rings. The average molecular weight is 298 g/mol. The van der Waals surface area contributed by atoms with E-state index in [4.69, 9.17) is 4.52 Å². The fourth-order valence-corrected chi connectivity index (χ4v) is 3.17. The third-order valence-corrected chi connectivity index (χ3v) is 4.39. The zero-order chi connectivity index (χ0) is 14.1. The smallest absolute Gasteiger partial charge is 0.232 e. The lowest BCUT2D eigenvalue weighted by Gasteiger charge is -2.36. The van der Waals surface area contributed by atoms with E-state index in [1.807, 2.05) is 12.1 Å². The number of pyridine rings is 1. The summed E-state index contributed by atoms with van der Waals surface area (Å²) in [4.78, 5) is 11.0. The normalized spacial score (nSPS) is 16.0. The van der Waals surface area contributed by atoms with Crippen molar-refractivity contribution in [2.24, 2.45) is 0 Å². The Morgan fingerprint density at radius 1 is 1.33 bits per heavy atom. The summed E-state index contributed by atoms with van der Waals surface area (Å²) >= 11 is 1.74. The van der Waals surface area contributed by atoms with Gasteiger partial charge in [0.15, 0.2) is 0 Å². The predicted molar refractivity (Wildman–Crippen MR) is 79.9 cm³/mol. The van der Waals surface area contributed by atoms with Crippen molar-refractivity contribution in [2.75, 3.05) is 13.1 Å². The van der Waals surface area contributed by atoms with Gasteiger partial charge in [-0.3, -0.25) is 9.88 Å². The highest BCUT2D eigenvalue weighted by atomic mass is 32.1. The van der Waals surface area contributed by atoms with E-state index in [2.05, 4.69) is 36.9 Å². The summed E-state index contributed by atoms with van der Waals surface area (Å²) in [5.74, 6) is 1.70. The second kappa shape index (κ2) is 5.38. The van der Waals surface area contributed by atoms with Crippen LogP contribution in [0.15, 0.2) is 45.9 Å². The van der Waals surface area contributed by atoms with Gasteiger partial charge in [-0.1, -0.05) is 5.16 Å². The van der Waals surface area contributed by atoms with Crippen LogP contribution in [-0.4, -0.2) is 33.1 Å². The maximum Gasteiger partial charge on any atom is 0.232 e. The van der Waals surface area contributed by atoms with E-state index < -0.39 is 0 Å². The van der Waals surface area contributed by atoms with Crippen LogP contribution >= 0.6 is 11.3 Å². The highest BCUT2D eigenvalue weighted by Crippen LogP contribution is 2.28.